The highest BCUT2D eigenvalue weighted by atomic mass is 16.4. The largest absolute Gasteiger partial charge is 0.478 e. The second-order valence-corrected chi connectivity index (χ2v) is 4.33. The molecular weight excluding hydrogens is 256 g/mol. The third-order valence-corrected chi connectivity index (χ3v) is 1.90. The molecule has 20 heavy (non-hydrogen) atoms. The van der Waals surface area contributed by atoms with Gasteiger partial charge in [-0.25, -0.2) is 9.59 Å². The number of hydrogen-bond acceptors (Lipinski definition) is 2. The molecule has 4 heteroatoms. The van der Waals surface area contributed by atoms with Gasteiger partial charge in [-0.1, -0.05) is 48.6 Å². The second-order valence-electron chi connectivity index (χ2n) is 4.33. The van der Waals surface area contributed by atoms with E-state index in [4.69, 9.17) is 10.2 Å². The Kier molecular flexibility index (Phi) is 10.5. The summed E-state index contributed by atoms with van der Waals surface area (Å²) in [5, 5.41) is 15.8. The van der Waals surface area contributed by atoms with Gasteiger partial charge < -0.3 is 10.2 Å². The van der Waals surface area contributed by atoms with E-state index in [9.17, 15) is 9.59 Å². The van der Waals surface area contributed by atoms with E-state index in [1.165, 1.54) is 25.0 Å². The van der Waals surface area contributed by atoms with Crippen molar-refractivity contribution >= 4 is 11.9 Å². The molecule has 0 saturated heterocycles. The summed E-state index contributed by atoms with van der Waals surface area (Å²) in [7, 11) is 0. The fourth-order valence-electron chi connectivity index (χ4n) is 0.807. The van der Waals surface area contributed by atoms with E-state index >= 15 is 0 Å². The fraction of sp³-hybridized carbons (Fsp3) is 0.250. The van der Waals surface area contributed by atoms with Gasteiger partial charge in [0, 0.05) is 11.1 Å². The average molecular weight is 278 g/mol. The highest BCUT2D eigenvalue weighted by molar-refractivity contribution is 5.85. The van der Waals surface area contributed by atoms with E-state index in [1.54, 1.807) is 0 Å². The van der Waals surface area contributed by atoms with Crippen LogP contribution >= 0.6 is 0 Å². The van der Waals surface area contributed by atoms with Crippen LogP contribution in [-0.2, 0) is 9.59 Å². The molecule has 0 spiro atoms. The minimum absolute atomic E-state index is 0.176. The van der Waals surface area contributed by atoms with Gasteiger partial charge in [-0.2, -0.15) is 0 Å². The Morgan fingerprint density at radius 3 is 1.25 bits per heavy atom. The van der Waals surface area contributed by atoms with Crippen LogP contribution in [0.1, 0.15) is 25.0 Å². The zero-order valence-electron chi connectivity index (χ0n) is 12.4. The van der Waals surface area contributed by atoms with Crippen molar-refractivity contribution in [3.63, 3.8) is 0 Å². The van der Waals surface area contributed by atoms with E-state index in [-0.39, 0.29) is 11.1 Å². The van der Waals surface area contributed by atoms with Crippen molar-refractivity contribution in [2.24, 2.45) is 0 Å². The zero-order chi connectivity index (χ0) is 16.3. The first-order chi connectivity index (χ1) is 9.07. The first kappa shape index (κ1) is 20.0. The molecule has 0 bridgehead atoms. The molecule has 1 aromatic carbocycles. The molecule has 0 fully saturated rings. The summed E-state index contributed by atoms with van der Waals surface area (Å²) in [5.74, 6) is -1.87. The second kappa shape index (κ2) is 10.6. The van der Waals surface area contributed by atoms with Gasteiger partial charge in [0.2, 0.25) is 0 Å². The molecule has 0 heterocycles. The monoisotopic (exact) mass is 278 g/mol. The van der Waals surface area contributed by atoms with E-state index in [2.05, 4.69) is 51.3 Å². The van der Waals surface area contributed by atoms with Gasteiger partial charge >= 0.3 is 11.9 Å². The summed E-state index contributed by atoms with van der Waals surface area (Å²) in [6, 6.07) is 8.45. The number of rotatable bonds is 2. The normalized spacial score (nSPS) is 8.20. The summed E-state index contributed by atoms with van der Waals surface area (Å²) >= 11 is 0. The lowest BCUT2D eigenvalue weighted by molar-refractivity contribution is -0.133. The highest BCUT2D eigenvalue weighted by Gasteiger charge is 1.90. The number of carboxylic acid groups (broad SMARTS) is 2. The Morgan fingerprint density at radius 2 is 1.15 bits per heavy atom. The van der Waals surface area contributed by atoms with E-state index in [1.807, 2.05) is 0 Å². The van der Waals surface area contributed by atoms with Gasteiger partial charge in [0.1, 0.15) is 0 Å². The Labute approximate surface area is 120 Å². The van der Waals surface area contributed by atoms with Crippen molar-refractivity contribution in [3.8, 4) is 0 Å². The first-order valence-corrected chi connectivity index (χ1v) is 5.88. The number of benzene rings is 1. The van der Waals surface area contributed by atoms with Crippen LogP contribution in [0.5, 0.6) is 0 Å². The third-order valence-electron chi connectivity index (χ3n) is 1.90. The molecule has 0 radical (unpaired) electrons. The smallest absolute Gasteiger partial charge is 0.330 e. The van der Waals surface area contributed by atoms with Crippen molar-refractivity contribution in [2.45, 2.75) is 27.7 Å². The quantitative estimate of drug-likeness (QED) is 0.810. The molecule has 0 aliphatic rings. The Hall–Kier alpha value is -2.36. The maximum Gasteiger partial charge on any atom is 0.330 e. The zero-order valence-corrected chi connectivity index (χ0v) is 12.4. The predicted molar refractivity (Wildman–Crippen MR) is 80.8 cm³/mol. The Balaban J connectivity index is 0. The van der Waals surface area contributed by atoms with Crippen LogP contribution in [-0.4, -0.2) is 22.2 Å². The maximum absolute atomic E-state index is 9.60. The lowest BCUT2D eigenvalue weighted by Crippen LogP contribution is -1.92. The number of carbonyl (C=O) groups is 2. The molecule has 4 nitrogen and oxygen atoms in total. The Morgan fingerprint density at radius 1 is 0.900 bits per heavy atom. The molecule has 0 amide bonds. The molecule has 0 unspecified atom stereocenters. The van der Waals surface area contributed by atoms with Crippen molar-refractivity contribution in [2.75, 3.05) is 0 Å². The van der Waals surface area contributed by atoms with Crippen LogP contribution in [0.25, 0.3) is 0 Å². The first-order valence-electron chi connectivity index (χ1n) is 5.88. The number of hydrogen-bond donors (Lipinski definition) is 2. The molecule has 2 N–H and O–H groups in total. The molecule has 0 aliphatic heterocycles. The molecule has 0 aliphatic carbocycles. The fourth-order valence-corrected chi connectivity index (χ4v) is 0.807. The van der Waals surface area contributed by atoms with Crippen molar-refractivity contribution in [1.82, 2.24) is 0 Å². The van der Waals surface area contributed by atoms with Crippen LogP contribution in [0.3, 0.4) is 0 Å². The summed E-state index contributed by atoms with van der Waals surface area (Å²) in [6.07, 6.45) is 0. The summed E-state index contributed by atoms with van der Waals surface area (Å²) in [4.78, 5) is 19.2. The molecule has 0 saturated carbocycles. The maximum atomic E-state index is 9.60. The summed E-state index contributed by atoms with van der Waals surface area (Å²) in [5.41, 5.74) is 3.03. The minimum atomic E-state index is -0.935. The van der Waals surface area contributed by atoms with Crippen LogP contribution in [0.2, 0.25) is 0 Å². The van der Waals surface area contributed by atoms with Gasteiger partial charge in [0.15, 0.2) is 0 Å². The van der Waals surface area contributed by atoms with Gasteiger partial charge in [0.25, 0.3) is 0 Å². The lowest BCUT2D eigenvalue weighted by atomic mass is 10.2. The standard InChI is InChI=1S/C8H10.2C4H6O2/c1-7-4-3-5-8(2)6-7;2*1-3(2)4(5)6/h3-6H,1-2H3;2*1H2,2H3,(H,5,6). The summed E-state index contributed by atoms with van der Waals surface area (Å²) < 4.78 is 0. The number of carboxylic acids is 2. The van der Waals surface area contributed by atoms with Crippen LogP contribution in [0, 0.1) is 13.8 Å². The molecule has 0 aromatic heterocycles. The molecule has 0 atom stereocenters. The van der Waals surface area contributed by atoms with Gasteiger partial charge in [0.05, 0.1) is 0 Å². The van der Waals surface area contributed by atoms with Crippen LogP contribution < -0.4 is 0 Å². The minimum Gasteiger partial charge on any atom is -0.478 e. The van der Waals surface area contributed by atoms with Crippen molar-refractivity contribution < 1.29 is 19.8 Å². The molecule has 1 rings (SSSR count). The number of aliphatic carboxylic acids is 2. The lowest BCUT2D eigenvalue weighted by Gasteiger charge is -1.90. The third kappa shape index (κ3) is 13.7. The Bertz CT molecular complexity index is 422. The van der Waals surface area contributed by atoms with Gasteiger partial charge in [-0.3, -0.25) is 0 Å². The topological polar surface area (TPSA) is 74.6 Å². The SMILES string of the molecule is C=C(C)C(=O)O.C=C(C)C(=O)O.Cc1cccc(C)c1. The predicted octanol–water partition coefficient (Wildman–Crippen LogP) is 3.60. The van der Waals surface area contributed by atoms with Crippen LogP contribution in [0.4, 0.5) is 0 Å². The van der Waals surface area contributed by atoms with E-state index < -0.39 is 11.9 Å². The molecule has 1 aromatic rings. The van der Waals surface area contributed by atoms with Crippen molar-refractivity contribution in [3.05, 3.63) is 59.7 Å². The number of aryl methyl sites for hydroxylation is 2. The van der Waals surface area contributed by atoms with E-state index in [0.717, 1.165) is 0 Å². The summed E-state index contributed by atoms with van der Waals surface area (Å²) in [6.45, 7) is 13.4. The van der Waals surface area contributed by atoms with Gasteiger partial charge in [-0.05, 0) is 27.7 Å². The van der Waals surface area contributed by atoms with Gasteiger partial charge in [-0.15, -0.1) is 0 Å². The van der Waals surface area contributed by atoms with E-state index in [0.29, 0.717) is 0 Å². The average Bonchev–Trinajstić information content (AvgIpc) is 2.29. The highest BCUT2D eigenvalue weighted by Crippen LogP contribution is 2.00. The van der Waals surface area contributed by atoms with Crippen molar-refractivity contribution in [1.29, 1.82) is 0 Å². The molecule has 110 valence electrons. The van der Waals surface area contributed by atoms with Crippen LogP contribution in [0.15, 0.2) is 48.6 Å². The molecular formula is C16H22O4.